The van der Waals surface area contributed by atoms with Crippen molar-refractivity contribution in [2.45, 2.75) is 26.3 Å². The van der Waals surface area contributed by atoms with Crippen LogP contribution in [0.15, 0.2) is 72.9 Å². The zero-order valence-electron chi connectivity index (χ0n) is 18.7. The largest absolute Gasteiger partial charge is 0.491 e. The Hall–Kier alpha value is -3.86. The summed E-state index contributed by atoms with van der Waals surface area (Å²) in [6.07, 6.45) is 3.95. The fourth-order valence-electron chi connectivity index (χ4n) is 4.73. The third-order valence-corrected chi connectivity index (χ3v) is 6.36. The lowest BCUT2D eigenvalue weighted by molar-refractivity contribution is 0.332. The van der Waals surface area contributed by atoms with Gasteiger partial charge in [0.25, 0.3) is 0 Å². The third kappa shape index (κ3) is 3.69. The Bertz CT molecular complexity index is 1450. The summed E-state index contributed by atoms with van der Waals surface area (Å²) >= 11 is 0. The summed E-state index contributed by atoms with van der Waals surface area (Å²) in [4.78, 5) is 15.1. The van der Waals surface area contributed by atoms with Gasteiger partial charge in [0.15, 0.2) is 0 Å². The quantitative estimate of drug-likeness (QED) is 0.370. The second-order valence-corrected chi connectivity index (χ2v) is 8.61. The molecule has 5 nitrogen and oxygen atoms in total. The molecule has 3 heterocycles. The molecule has 0 spiro atoms. The number of hydrogen-bond acceptors (Lipinski definition) is 4. The molecule has 0 aliphatic carbocycles. The van der Waals surface area contributed by atoms with E-state index in [0.29, 0.717) is 6.61 Å². The van der Waals surface area contributed by atoms with Gasteiger partial charge in [-0.3, -0.25) is 4.98 Å². The second kappa shape index (κ2) is 8.24. The van der Waals surface area contributed by atoms with Crippen LogP contribution in [0.2, 0.25) is 0 Å². The van der Waals surface area contributed by atoms with E-state index < -0.39 is 0 Å². The number of fused-ring (bicyclic) bond motifs is 3. The highest BCUT2D eigenvalue weighted by atomic mass is 16.5. The van der Waals surface area contributed by atoms with Crippen LogP contribution < -0.4 is 9.64 Å². The summed E-state index contributed by atoms with van der Waals surface area (Å²) in [7, 11) is 0. The molecule has 0 saturated carbocycles. The van der Waals surface area contributed by atoms with Crippen LogP contribution in [-0.2, 0) is 13.0 Å². The first-order valence-electron chi connectivity index (χ1n) is 11.6. The third-order valence-electron chi connectivity index (χ3n) is 6.36. The second-order valence-electron chi connectivity index (χ2n) is 8.61. The highest BCUT2D eigenvalue weighted by molar-refractivity contribution is 5.91. The number of benzene rings is 3. The van der Waals surface area contributed by atoms with Crippen molar-refractivity contribution in [3.05, 3.63) is 84.3 Å². The standard InChI is InChI=1S/C28H26N4O/c1-2-5-28-30-24-10-8-20(17-25(24)31-28)19-9-11-27-21(16-19)18-32(14-15-33-27)26-12-13-29-23-7-4-3-6-22(23)26/h3-4,6-13,16-17H,2,5,14-15,18H2,1H3,(H,30,31). The zero-order chi connectivity index (χ0) is 22.2. The molecule has 0 fully saturated rings. The fraction of sp³-hybridized carbons (Fsp3) is 0.214. The predicted molar refractivity (Wildman–Crippen MR) is 134 cm³/mol. The van der Waals surface area contributed by atoms with E-state index in [0.717, 1.165) is 54.1 Å². The SMILES string of the molecule is CCCc1nc2ccc(-c3ccc4c(c3)CN(c3ccnc5ccccc35)CCO4)cc2[nH]1. The number of ether oxygens (including phenoxy) is 1. The molecule has 5 heteroatoms. The smallest absolute Gasteiger partial charge is 0.124 e. The number of nitrogens with zero attached hydrogens (tertiary/aromatic N) is 3. The van der Waals surface area contributed by atoms with Crippen LogP contribution in [-0.4, -0.2) is 28.1 Å². The molecule has 5 aromatic rings. The van der Waals surface area contributed by atoms with Gasteiger partial charge in [-0.25, -0.2) is 4.98 Å². The fourth-order valence-corrected chi connectivity index (χ4v) is 4.73. The van der Waals surface area contributed by atoms with Crippen molar-refractivity contribution in [1.29, 1.82) is 0 Å². The van der Waals surface area contributed by atoms with Crippen molar-refractivity contribution >= 4 is 27.6 Å². The van der Waals surface area contributed by atoms with Crippen LogP contribution in [0.5, 0.6) is 5.75 Å². The zero-order valence-corrected chi connectivity index (χ0v) is 18.7. The number of hydrogen-bond donors (Lipinski definition) is 1. The van der Waals surface area contributed by atoms with Gasteiger partial charge in [0, 0.05) is 35.8 Å². The maximum Gasteiger partial charge on any atom is 0.124 e. The summed E-state index contributed by atoms with van der Waals surface area (Å²) in [5.74, 6) is 2.02. The van der Waals surface area contributed by atoms with Gasteiger partial charge < -0.3 is 14.6 Å². The van der Waals surface area contributed by atoms with Crippen molar-refractivity contribution in [2.75, 3.05) is 18.1 Å². The van der Waals surface area contributed by atoms with Crippen LogP contribution in [0.3, 0.4) is 0 Å². The minimum Gasteiger partial charge on any atom is -0.491 e. The topological polar surface area (TPSA) is 54.0 Å². The van der Waals surface area contributed by atoms with Crippen molar-refractivity contribution in [1.82, 2.24) is 15.0 Å². The molecule has 0 saturated heterocycles. The average Bonchev–Trinajstić information content (AvgIpc) is 3.13. The molecule has 2 aromatic heterocycles. The van der Waals surface area contributed by atoms with Crippen molar-refractivity contribution < 1.29 is 4.74 Å². The van der Waals surface area contributed by atoms with E-state index in [4.69, 9.17) is 9.72 Å². The summed E-state index contributed by atoms with van der Waals surface area (Å²) in [6, 6.07) is 23.4. The molecule has 1 N–H and O–H groups in total. The van der Waals surface area contributed by atoms with Crippen LogP contribution in [0, 0.1) is 0 Å². The first-order chi connectivity index (χ1) is 16.3. The van der Waals surface area contributed by atoms with Crippen LogP contribution in [0.1, 0.15) is 24.7 Å². The van der Waals surface area contributed by atoms with Gasteiger partial charge in [-0.05, 0) is 53.9 Å². The van der Waals surface area contributed by atoms with Crippen LogP contribution >= 0.6 is 0 Å². The molecule has 3 aromatic carbocycles. The number of aromatic nitrogens is 3. The highest BCUT2D eigenvalue weighted by Gasteiger charge is 2.18. The molecule has 0 bridgehead atoms. The number of aromatic amines is 1. The molecule has 1 aliphatic rings. The Morgan fingerprint density at radius 2 is 1.85 bits per heavy atom. The number of H-pyrrole nitrogens is 1. The summed E-state index contributed by atoms with van der Waals surface area (Å²) in [5.41, 5.74) is 7.90. The van der Waals surface area contributed by atoms with E-state index in [9.17, 15) is 0 Å². The van der Waals surface area contributed by atoms with Crippen molar-refractivity contribution in [2.24, 2.45) is 0 Å². The molecular formula is C28H26N4O. The summed E-state index contributed by atoms with van der Waals surface area (Å²) in [6.45, 7) is 4.46. The van der Waals surface area contributed by atoms with E-state index in [1.54, 1.807) is 0 Å². The van der Waals surface area contributed by atoms with Gasteiger partial charge in [0.2, 0.25) is 0 Å². The lowest BCUT2D eigenvalue weighted by Crippen LogP contribution is -2.25. The average molecular weight is 435 g/mol. The first-order valence-corrected chi connectivity index (χ1v) is 11.6. The van der Waals surface area contributed by atoms with Gasteiger partial charge in [-0.1, -0.05) is 37.3 Å². The number of rotatable bonds is 4. The van der Waals surface area contributed by atoms with Crippen LogP contribution in [0.25, 0.3) is 33.1 Å². The molecule has 0 amide bonds. The molecule has 0 radical (unpaired) electrons. The van der Waals surface area contributed by atoms with Crippen molar-refractivity contribution in [3.63, 3.8) is 0 Å². The first kappa shape index (κ1) is 19.8. The van der Waals surface area contributed by atoms with E-state index in [1.165, 1.54) is 27.8 Å². The van der Waals surface area contributed by atoms with Crippen molar-refractivity contribution in [3.8, 4) is 16.9 Å². The van der Waals surface area contributed by atoms with E-state index >= 15 is 0 Å². The summed E-state index contributed by atoms with van der Waals surface area (Å²) < 4.78 is 6.13. The minimum atomic E-state index is 0.656. The minimum absolute atomic E-state index is 0.656. The lowest BCUT2D eigenvalue weighted by atomic mass is 10.0. The number of pyridine rings is 1. The molecule has 0 unspecified atom stereocenters. The van der Waals surface area contributed by atoms with Crippen LogP contribution in [0.4, 0.5) is 5.69 Å². The molecule has 6 rings (SSSR count). The molecule has 164 valence electrons. The Balaban J connectivity index is 1.36. The number of nitrogens with one attached hydrogen (secondary N) is 1. The molecular weight excluding hydrogens is 408 g/mol. The normalized spacial score (nSPS) is 13.7. The maximum atomic E-state index is 6.13. The van der Waals surface area contributed by atoms with Gasteiger partial charge in [0.1, 0.15) is 18.2 Å². The van der Waals surface area contributed by atoms with E-state index in [1.807, 2.05) is 12.3 Å². The van der Waals surface area contributed by atoms with Gasteiger partial charge in [-0.2, -0.15) is 0 Å². The van der Waals surface area contributed by atoms with Gasteiger partial charge >= 0.3 is 0 Å². The van der Waals surface area contributed by atoms with E-state index in [2.05, 4.69) is 82.5 Å². The van der Waals surface area contributed by atoms with Gasteiger partial charge in [0.05, 0.1) is 23.1 Å². The monoisotopic (exact) mass is 434 g/mol. The molecule has 33 heavy (non-hydrogen) atoms. The summed E-state index contributed by atoms with van der Waals surface area (Å²) in [5, 5.41) is 1.17. The Morgan fingerprint density at radius 1 is 0.970 bits per heavy atom. The highest BCUT2D eigenvalue weighted by Crippen LogP contribution is 2.33. The molecule has 0 atom stereocenters. The number of anilines is 1. The van der Waals surface area contributed by atoms with E-state index in [-0.39, 0.29) is 0 Å². The predicted octanol–water partition coefficient (Wildman–Crippen LogP) is 6.13. The Morgan fingerprint density at radius 3 is 2.79 bits per heavy atom. The van der Waals surface area contributed by atoms with Gasteiger partial charge in [-0.15, -0.1) is 0 Å². The maximum absolute atomic E-state index is 6.13. The number of imidazole rings is 1. The Labute approximate surface area is 193 Å². The lowest BCUT2D eigenvalue weighted by Gasteiger charge is -2.23. The number of aryl methyl sites for hydroxylation is 1. The molecule has 1 aliphatic heterocycles. The number of para-hydroxylation sites is 1. The Kier molecular flexibility index (Phi) is 4.95.